The number of carbonyl (C=O) groups is 2. The zero-order valence-corrected chi connectivity index (χ0v) is 8.58. The van der Waals surface area contributed by atoms with Crippen molar-refractivity contribution in [2.45, 2.75) is 50.1 Å². The van der Waals surface area contributed by atoms with Gasteiger partial charge in [-0.15, -0.1) is 0 Å². The summed E-state index contributed by atoms with van der Waals surface area (Å²) in [5, 5.41) is 14.5. The number of hydrogen-bond acceptors (Lipinski definition) is 2. The van der Waals surface area contributed by atoms with Gasteiger partial charge in [0.15, 0.2) is 0 Å². The molecule has 0 saturated heterocycles. The van der Waals surface area contributed by atoms with E-state index in [1.54, 1.807) is 0 Å². The molecule has 84 valence electrons. The number of rotatable bonds is 3. The molecule has 3 N–H and O–H groups in total. The topological polar surface area (TPSA) is 78.4 Å². The van der Waals surface area contributed by atoms with E-state index in [1.165, 1.54) is 0 Å². The highest BCUT2D eigenvalue weighted by Crippen LogP contribution is 2.30. The number of urea groups is 1. The summed E-state index contributed by atoms with van der Waals surface area (Å²) in [6, 6.07) is -0.0703. The molecule has 15 heavy (non-hydrogen) atoms. The molecule has 2 aliphatic rings. The number of nitrogens with one attached hydrogen (secondary N) is 2. The third-order valence-electron chi connectivity index (χ3n) is 3.13. The summed E-state index contributed by atoms with van der Waals surface area (Å²) in [7, 11) is 0. The Morgan fingerprint density at radius 1 is 1.20 bits per heavy atom. The Labute approximate surface area is 88.2 Å². The standard InChI is InChI=1S/C10H16N2O3/c13-8(14)10(5-1-2-6-10)12-9(15)11-7-3-4-7/h7H,1-6H2,(H,13,14)(H2,11,12,15). The fourth-order valence-corrected chi connectivity index (χ4v) is 2.04. The highest BCUT2D eigenvalue weighted by molar-refractivity contribution is 5.86. The maximum Gasteiger partial charge on any atom is 0.329 e. The van der Waals surface area contributed by atoms with Crippen LogP contribution in [0.3, 0.4) is 0 Å². The number of carboxylic acid groups (broad SMARTS) is 1. The van der Waals surface area contributed by atoms with Crippen LogP contribution in [-0.2, 0) is 4.79 Å². The molecule has 0 bridgehead atoms. The van der Waals surface area contributed by atoms with Crippen LogP contribution in [0.4, 0.5) is 4.79 Å². The molecule has 0 aromatic rings. The SMILES string of the molecule is O=C(NC1CC1)NC1(C(=O)O)CCCC1. The first-order valence-corrected chi connectivity index (χ1v) is 5.44. The molecule has 0 aromatic heterocycles. The summed E-state index contributed by atoms with van der Waals surface area (Å²) in [6.07, 6.45) is 4.84. The van der Waals surface area contributed by atoms with Gasteiger partial charge in [-0.1, -0.05) is 12.8 Å². The lowest BCUT2D eigenvalue weighted by molar-refractivity contribution is -0.144. The molecular weight excluding hydrogens is 196 g/mol. The van der Waals surface area contributed by atoms with Gasteiger partial charge >= 0.3 is 12.0 Å². The van der Waals surface area contributed by atoms with Crippen LogP contribution in [0.15, 0.2) is 0 Å². The van der Waals surface area contributed by atoms with E-state index in [-0.39, 0.29) is 12.1 Å². The average molecular weight is 212 g/mol. The Hall–Kier alpha value is -1.26. The zero-order chi connectivity index (χ0) is 10.9. The number of carboxylic acids is 1. The molecule has 2 fully saturated rings. The van der Waals surface area contributed by atoms with Crippen molar-refractivity contribution in [3.8, 4) is 0 Å². The van der Waals surface area contributed by atoms with E-state index in [1.807, 2.05) is 0 Å². The van der Waals surface area contributed by atoms with Crippen LogP contribution in [0.2, 0.25) is 0 Å². The Morgan fingerprint density at radius 3 is 2.27 bits per heavy atom. The second-order valence-electron chi connectivity index (χ2n) is 4.47. The third kappa shape index (κ3) is 2.22. The molecule has 0 atom stereocenters. The fraction of sp³-hybridized carbons (Fsp3) is 0.800. The Bertz CT molecular complexity index is 280. The van der Waals surface area contributed by atoms with Crippen LogP contribution in [0.5, 0.6) is 0 Å². The fourth-order valence-electron chi connectivity index (χ4n) is 2.04. The molecule has 2 saturated carbocycles. The van der Waals surface area contributed by atoms with Crippen LogP contribution < -0.4 is 10.6 Å². The van der Waals surface area contributed by atoms with Crippen molar-refractivity contribution in [1.82, 2.24) is 10.6 Å². The number of amides is 2. The van der Waals surface area contributed by atoms with Crippen molar-refractivity contribution in [3.63, 3.8) is 0 Å². The van der Waals surface area contributed by atoms with Gasteiger partial charge in [0.2, 0.25) is 0 Å². The van der Waals surface area contributed by atoms with Crippen molar-refractivity contribution >= 4 is 12.0 Å². The van der Waals surface area contributed by atoms with E-state index in [9.17, 15) is 9.59 Å². The minimum absolute atomic E-state index is 0.261. The predicted octanol–water partition coefficient (Wildman–Crippen LogP) is 0.845. The van der Waals surface area contributed by atoms with Gasteiger partial charge in [-0.3, -0.25) is 0 Å². The Morgan fingerprint density at radius 2 is 1.80 bits per heavy atom. The van der Waals surface area contributed by atoms with Crippen LogP contribution in [-0.4, -0.2) is 28.7 Å². The third-order valence-corrected chi connectivity index (χ3v) is 3.13. The van der Waals surface area contributed by atoms with Gasteiger partial charge in [0.25, 0.3) is 0 Å². The van der Waals surface area contributed by atoms with Gasteiger partial charge in [0, 0.05) is 6.04 Å². The molecule has 5 heteroatoms. The largest absolute Gasteiger partial charge is 0.480 e. The van der Waals surface area contributed by atoms with E-state index in [4.69, 9.17) is 5.11 Å². The first-order chi connectivity index (χ1) is 7.12. The van der Waals surface area contributed by atoms with E-state index < -0.39 is 11.5 Å². The molecule has 2 amide bonds. The van der Waals surface area contributed by atoms with Gasteiger partial charge in [-0.25, -0.2) is 9.59 Å². The summed E-state index contributed by atoms with van der Waals surface area (Å²) in [4.78, 5) is 22.6. The lowest BCUT2D eigenvalue weighted by atomic mass is 9.98. The van der Waals surface area contributed by atoms with Crippen molar-refractivity contribution in [2.75, 3.05) is 0 Å². The molecule has 5 nitrogen and oxygen atoms in total. The van der Waals surface area contributed by atoms with Gasteiger partial charge < -0.3 is 15.7 Å². The molecule has 0 heterocycles. The summed E-state index contributed by atoms with van der Waals surface area (Å²) >= 11 is 0. The molecule has 0 aliphatic heterocycles. The number of carbonyl (C=O) groups excluding carboxylic acids is 1. The van der Waals surface area contributed by atoms with Gasteiger partial charge in [0.05, 0.1) is 0 Å². The summed E-state index contributed by atoms with van der Waals surface area (Å²) in [6.45, 7) is 0. The predicted molar refractivity (Wildman–Crippen MR) is 53.5 cm³/mol. The minimum atomic E-state index is -1.01. The normalized spacial score (nSPS) is 23.5. The smallest absolute Gasteiger partial charge is 0.329 e. The summed E-state index contributed by atoms with van der Waals surface area (Å²) in [5.74, 6) is -0.911. The van der Waals surface area contributed by atoms with Crippen molar-refractivity contribution in [3.05, 3.63) is 0 Å². The number of hydrogen-bond donors (Lipinski definition) is 3. The Kier molecular flexibility index (Phi) is 2.54. The van der Waals surface area contributed by atoms with E-state index >= 15 is 0 Å². The quantitative estimate of drug-likeness (QED) is 0.648. The average Bonchev–Trinajstić information content (AvgIpc) is 2.82. The molecule has 0 radical (unpaired) electrons. The maximum atomic E-state index is 11.5. The lowest BCUT2D eigenvalue weighted by Crippen LogP contribution is -2.55. The monoisotopic (exact) mass is 212 g/mol. The van der Waals surface area contributed by atoms with E-state index in [2.05, 4.69) is 10.6 Å². The van der Waals surface area contributed by atoms with Crippen LogP contribution in [0, 0.1) is 0 Å². The van der Waals surface area contributed by atoms with E-state index in [0.717, 1.165) is 25.7 Å². The summed E-state index contributed by atoms with van der Waals surface area (Å²) in [5.41, 5.74) is -1.01. The van der Waals surface area contributed by atoms with Crippen LogP contribution >= 0.6 is 0 Å². The van der Waals surface area contributed by atoms with Gasteiger partial charge in [0.1, 0.15) is 5.54 Å². The van der Waals surface area contributed by atoms with E-state index in [0.29, 0.717) is 12.8 Å². The first kappa shape index (κ1) is 10.3. The Balaban J connectivity index is 1.93. The minimum Gasteiger partial charge on any atom is -0.480 e. The first-order valence-electron chi connectivity index (χ1n) is 5.44. The molecule has 0 unspecified atom stereocenters. The number of aliphatic carboxylic acids is 1. The van der Waals surface area contributed by atoms with Gasteiger partial charge in [-0.2, -0.15) is 0 Å². The van der Waals surface area contributed by atoms with Gasteiger partial charge in [-0.05, 0) is 25.7 Å². The second-order valence-corrected chi connectivity index (χ2v) is 4.47. The van der Waals surface area contributed by atoms with Crippen molar-refractivity contribution in [2.24, 2.45) is 0 Å². The molecule has 0 spiro atoms. The van der Waals surface area contributed by atoms with Crippen molar-refractivity contribution in [1.29, 1.82) is 0 Å². The molecule has 0 aromatic carbocycles. The van der Waals surface area contributed by atoms with Crippen LogP contribution in [0.1, 0.15) is 38.5 Å². The second kappa shape index (κ2) is 3.72. The van der Waals surface area contributed by atoms with Crippen LogP contribution in [0.25, 0.3) is 0 Å². The zero-order valence-electron chi connectivity index (χ0n) is 8.58. The molecule has 2 aliphatic carbocycles. The van der Waals surface area contributed by atoms with Crippen molar-refractivity contribution < 1.29 is 14.7 Å². The molecule has 2 rings (SSSR count). The maximum absolute atomic E-state index is 11.5. The highest BCUT2D eigenvalue weighted by atomic mass is 16.4. The lowest BCUT2D eigenvalue weighted by Gasteiger charge is -2.25. The highest BCUT2D eigenvalue weighted by Gasteiger charge is 2.43. The summed E-state index contributed by atoms with van der Waals surface area (Å²) < 4.78 is 0. The molecular formula is C10H16N2O3.